The summed E-state index contributed by atoms with van der Waals surface area (Å²) in [7, 11) is 1.66. The van der Waals surface area contributed by atoms with E-state index >= 15 is 0 Å². The fourth-order valence-electron chi connectivity index (χ4n) is 5.20. The van der Waals surface area contributed by atoms with Crippen LogP contribution in [0.1, 0.15) is 43.7 Å². The molecule has 2 aliphatic rings. The zero-order chi connectivity index (χ0) is 25.6. The Kier molecular flexibility index (Phi) is 8.17. The molecular weight excluding hydrogens is 488 g/mol. The Morgan fingerprint density at radius 2 is 1.62 bits per heavy atom. The van der Waals surface area contributed by atoms with E-state index in [-0.39, 0.29) is 18.2 Å². The molecule has 0 aromatic heterocycles. The second-order valence-corrected chi connectivity index (χ2v) is 10.0. The second kappa shape index (κ2) is 11.9. The van der Waals surface area contributed by atoms with Gasteiger partial charge in [0.15, 0.2) is 0 Å². The Labute approximate surface area is 223 Å². The summed E-state index contributed by atoms with van der Waals surface area (Å²) in [5.41, 5.74) is 1.76. The van der Waals surface area contributed by atoms with Crippen molar-refractivity contribution in [3.63, 3.8) is 0 Å². The Morgan fingerprint density at radius 3 is 2.32 bits per heavy atom. The van der Waals surface area contributed by atoms with Gasteiger partial charge in [-0.3, -0.25) is 4.90 Å². The summed E-state index contributed by atoms with van der Waals surface area (Å²) in [5.74, 6) is 2.13. The van der Waals surface area contributed by atoms with E-state index in [2.05, 4.69) is 4.90 Å². The number of amides is 1. The van der Waals surface area contributed by atoms with Crippen LogP contribution in [0.2, 0.25) is 5.02 Å². The highest BCUT2D eigenvalue weighted by Crippen LogP contribution is 2.41. The molecule has 2 heterocycles. The van der Waals surface area contributed by atoms with Crippen molar-refractivity contribution in [2.45, 2.75) is 44.2 Å². The monoisotopic (exact) mass is 520 g/mol. The van der Waals surface area contributed by atoms with Crippen LogP contribution in [0.15, 0.2) is 72.8 Å². The lowest BCUT2D eigenvalue weighted by atomic mass is 9.96. The van der Waals surface area contributed by atoms with Crippen LogP contribution in [0.5, 0.6) is 17.2 Å². The topological polar surface area (TPSA) is 51.2 Å². The third-order valence-corrected chi connectivity index (χ3v) is 7.34. The lowest BCUT2D eigenvalue weighted by molar-refractivity contribution is 0.123. The van der Waals surface area contributed by atoms with Gasteiger partial charge >= 0.3 is 6.09 Å². The number of hydrogen-bond donors (Lipinski definition) is 0. The van der Waals surface area contributed by atoms with E-state index in [0.717, 1.165) is 42.8 Å². The fraction of sp³-hybridized carbons (Fsp3) is 0.367. The van der Waals surface area contributed by atoms with Crippen molar-refractivity contribution >= 4 is 23.4 Å². The molecule has 2 fully saturated rings. The number of halogens is 1. The molecule has 1 amide bonds. The summed E-state index contributed by atoms with van der Waals surface area (Å²) in [5, 5.41) is 0.657. The molecule has 0 radical (unpaired) electrons. The van der Waals surface area contributed by atoms with E-state index in [9.17, 15) is 4.79 Å². The highest BCUT2D eigenvalue weighted by molar-refractivity contribution is 6.30. The molecule has 2 saturated heterocycles. The second-order valence-electron chi connectivity index (χ2n) is 9.61. The number of benzene rings is 3. The minimum absolute atomic E-state index is 0.233. The summed E-state index contributed by atoms with van der Waals surface area (Å²) < 4.78 is 17.4. The van der Waals surface area contributed by atoms with E-state index in [1.54, 1.807) is 24.1 Å². The molecule has 194 valence electrons. The minimum atomic E-state index is -0.330. The zero-order valence-electron chi connectivity index (χ0n) is 21.1. The highest BCUT2D eigenvalue weighted by Gasteiger charge is 2.43. The zero-order valence-corrected chi connectivity index (χ0v) is 21.9. The summed E-state index contributed by atoms with van der Waals surface area (Å²) in [4.78, 5) is 17.5. The number of unbranched alkanes of at least 4 members (excludes halogenated alkanes) is 1. The van der Waals surface area contributed by atoms with Gasteiger partial charge in [0, 0.05) is 10.7 Å². The number of methoxy groups -OCH3 is 1. The Hall–Kier alpha value is -3.22. The number of rotatable bonds is 10. The van der Waals surface area contributed by atoms with Gasteiger partial charge in [-0.1, -0.05) is 23.7 Å². The maximum absolute atomic E-state index is 13.2. The number of nitrogens with zero attached hydrogens (tertiary/aromatic N) is 2. The van der Waals surface area contributed by atoms with Crippen LogP contribution in [0.4, 0.5) is 10.5 Å². The number of anilines is 1. The first-order valence-electron chi connectivity index (χ1n) is 13.0. The fourth-order valence-corrected chi connectivity index (χ4v) is 5.33. The molecule has 0 aliphatic carbocycles. The van der Waals surface area contributed by atoms with Crippen molar-refractivity contribution in [3.05, 3.63) is 83.4 Å². The number of hydrogen-bond acceptors (Lipinski definition) is 5. The highest BCUT2D eigenvalue weighted by atomic mass is 35.5. The van der Waals surface area contributed by atoms with Gasteiger partial charge in [0.05, 0.1) is 7.11 Å². The van der Waals surface area contributed by atoms with Crippen LogP contribution in [-0.4, -0.2) is 43.8 Å². The lowest BCUT2D eigenvalue weighted by Crippen LogP contribution is -2.29. The molecule has 5 rings (SSSR count). The normalized spacial score (nSPS) is 19.7. The summed E-state index contributed by atoms with van der Waals surface area (Å²) in [6.07, 6.45) is 4.97. The van der Waals surface area contributed by atoms with E-state index < -0.39 is 0 Å². The maximum Gasteiger partial charge on any atom is 0.415 e. The molecule has 3 aromatic rings. The largest absolute Gasteiger partial charge is 0.497 e. The molecular formula is C30H33ClN2O4. The maximum atomic E-state index is 13.2. The average molecular weight is 521 g/mol. The van der Waals surface area contributed by atoms with Gasteiger partial charge in [0.1, 0.15) is 29.4 Å². The van der Waals surface area contributed by atoms with Crippen molar-refractivity contribution in [1.82, 2.24) is 4.90 Å². The van der Waals surface area contributed by atoms with Crippen molar-refractivity contribution in [2.24, 2.45) is 0 Å². The first-order valence-corrected chi connectivity index (χ1v) is 13.4. The number of carbonyl (C=O) groups is 1. The van der Waals surface area contributed by atoms with Gasteiger partial charge in [-0.25, -0.2) is 4.79 Å². The van der Waals surface area contributed by atoms with Crippen molar-refractivity contribution in [1.29, 1.82) is 0 Å². The molecule has 6 nitrogen and oxygen atoms in total. The molecule has 0 spiro atoms. The van der Waals surface area contributed by atoms with E-state index in [4.69, 9.17) is 25.8 Å². The van der Waals surface area contributed by atoms with Gasteiger partial charge in [-0.2, -0.15) is 0 Å². The first-order chi connectivity index (χ1) is 18.1. The third-order valence-electron chi connectivity index (χ3n) is 7.09. The first kappa shape index (κ1) is 25.4. The van der Waals surface area contributed by atoms with Gasteiger partial charge in [0.25, 0.3) is 0 Å². The van der Waals surface area contributed by atoms with Crippen LogP contribution < -0.4 is 14.4 Å². The number of likely N-dealkylation sites (tertiary alicyclic amines) is 1. The van der Waals surface area contributed by atoms with Crippen LogP contribution >= 0.6 is 11.6 Å². The van der Waals surface area contributed by atoms with Crippen LogP contribution in [0.3, 0.4) is 0 Å². The quantitative estimate of drug-likeness (QED) is 0.259. The number of cyclic esters (lactones) is 1. The van der Waals surface area contributed by atoms with E-state index in [0.29, 0.717) is 16.5 Å². The predicted octanol–water partition coefficient (Wildman–Crippen LogP) is 7.47. The summed E-state index contributed by atoms with van der Waals surface area (Å²) in [6, 6.07) is 22.4. The Bertz CT molecular complexity index is 1180. The standard InChI is InChI=1S/C30H33ClN2O4/c1-35-27-8-6-7-22(21-27)29-28(9-2-3-18-32-19-4-5-20-32)37-30(34)33(29)24-12-16-26(17-13-24)36-25-14-10-23(31)11-15-25/h6-8,10-17,21,28-29H,2-5,9,18-20H2,1H3/t28-,29-/m0/s1. The molecule has 0 saturated carbocycles. The number of ether oxygens (including phenoxy) is 3. The molecule has 37 heavy (non-hydrogen) atoms. The van der Waals surface area contributed by atoms with Crippen molar-refractivity contribution < 1.29 is 19.0 Å². The van der Waals surface area contributed by atoms with Crippen LogP contribution in [0.25, 0.3) is 0 Å². The van der Waals surface area contributed by atoms with Gasteiger partial charge < -0.3 is 19.1 Å². The van der Waals surface area contributed by atoms with E-state index in [1.165, 1.54) is 25.9 Å². The van der Waals surface area contributed by atoms with Gasteiger partial charge in [0.2, 0.25) is 0 Å². The third kappa shape index (κ3) is 6.20. The minimum Gasteiger partial charge on any atom is -0.497 e. The molecule has 0 bridgehead atoms. The van der Waals surface area contributed by atoms with Gasteiger partial charge in [-0.15, -0.1) is 0 Å². The summed E-state index contributed by atoms with van der Waals surface area (Å²) in [6.45, 7) is 3.52. The van der Waals surface area contributed by atoms with Crippen LogP contribution in [0, 0.1) is 0 Å². The Morgan fingerprint density at radius 1 is 0.919 bits per heavy atom. The lowest BCUT2D eigenvalue weighted by Gasteiger charge is -2.26. The van der Waals surface area contributed by atoms with Gasteiger partial charge in [-0.05, 0) is 118 Å². The molecule has 2 atom stereocenters. The molecule has 3 aromatic carbocycles. The van der Waals surface area contributed by atoms with Crippen molar-refractivity contribution in [2.75, 3.05) is 31.6 Å². The smallest absolute Gasteiger partial charge is 0.415 e. The summed E-state index contributed by atoms with van der Waals surface area (Å²) >= 11 is 5.97. The molecule has 7 heteroatoms. The predicted molar refractivity (Wildman–Crippen MR) is 146 cm³/mol. The van der Waals surface area contributed by atoms with E-state index in [1.807, 2.05) is 60.7 Å². The average Bonchev–Trinajstić information content (AvgIpc) is 3.56. The molecule has 2 aliphatic heterocycles. The Balaban J connectivity index is 1.33. The molecule has 0 N–H and O–H groups in total. The molecule has 0 unspecified atom stereocenters. The van der Waals surface area contributed by atoms with Crippen molar-refractivity contribution in [3.8, 4) is 17.2 Å². The van der Waals surface area contributed by atoms with Crippen LogP contribution in [-0.2, 0) is 4.74 Å². The number of carbonyl (C=O) groups excluding carboxylic acids is 1. The SMILES string of the molecule is COc1cccc([C@H]2[C@H](CCCCN3CCCC3)OC(=O)N2c2ccc(Oc3ccc(Cl)cc3)cc2)c1.